The van der Waals surface area contributed by atoms with Crippen LogP contribution in [0.1, 0.15) is 50.5 Å². The summed E-state index contributed by atoms with van der Waals surface area (Å²) in [7, 11) is 0. The standard InChI is InChI=1S/C19H30N4O2.2ClH/c1-15-9-10-17(21-13-15)22-19(25)16-7-6-12-23(14-16)18(24)8-4-2-3-5-11-20;;/h9-10,13,16H,2-8,11-12,14,20H2,1H3,(H,21,22,25);2*1H. The quantitative estimate of drug-likeness (QED) is 0.633. The predicted molar refractivity (Wildman–Crippen MR) is 114 cm³/mol. The highest BCUT2D eigenvalue weighted by atomic mass is 35.5. The average molecular weight is 419 g/mol. The van der Waals surface area contributed by atoms with Gasteiger partial charge in [0.15, 0.2) is 0 Å². The third kappa shape index (κ3) is 8.91. The lowest BCUT2D eigenvalue weighted by Crippen LogP contribution is -2.43. The minimum absolute atomic E-state index is 0. The Labute approximate surface area is 174 Å². The van der Waals surface area contributed by atoms with Crippen molar-refractivity contribution in [3.8, 4) is 0 Å². The second kappa shape index (κ2) is 13.7. The molecule has 2 amide bonds. The van der Waals surface area contributed by atoms with Crippen LogP contribution in [0.5, 0.6) is 0 Å². The van der Waals surface area contributed by atoms with Crippen LogP contribution in [0, 0.1) is 12.8 Å². The van der Waals surface area contributed by atoms with Crippen LogP contribution in [0.15, 0.2) is 18.3 Å². The number of hydrogen-bond acceptors (Lipinski definition) is 4. The molecule has 2 rings (SSSR count). The van der Waals surface area contributed by atoms with E-state index in [-0.39, 0.29) is 42.5 Å². The number of nitrogens with one attached hydrogen (secondary N) is 1. The SMILES string of the molecule is Cc1ccc(NC(=O)C2CCCN(C(=O)CCCCCCN)C2)nc1.Cl.Cl. The molecular formula is C19H32Cl2N4O2. The second-order valence-corrected chi connectivity index (χ2v) is 6.84. The van der Waals surface area contributed by atoms with Gasteiger partial charge < -0.3 is 16.0 Å². The number of aromatic nitrogens is 1. The number of unbranched alkanes of at least 4 members (excludes halogenated alkanes) is 3. The molecule has 1 aliphatic heterocycles. The van der Waals surface area contributed by atoms with Crippen LogP contribution in [0.2, 0.25) is 0 Å². The van der Waals surface area contributed by atoms with Crippen LogP contribution in [0.4, 0.5) is 5.82 Å². The van der Waals surface area contributed by atoms with Gasteiger partial charge in [0.05, 0.1) is 5.92 Å². The molecule has 1 aliphatic rings. The highest BCUT2D eigenvalue weighted by molar-refractivity contribution is 5.92. The first-order valence-corrected chi connectivity index (χ1v) is 9.31. The van der Waals surface area contributed by atoms with Gasteiger partial charge in [0.25, 0.3) is 0 Å². The molecule has 1 atom stereocenters. The number of nitrogens with two attached hydrogens (primary N) is 1. The van der Waals surface area contributed by atoms with Gasteiger partial charge in [-0.2, -0.15) is 0 Å². The summed E-state index contributed by atoms with van der Waals surface area (Å²) in [5, 5.41) is 2.86. The predicted octanol–water partition coefficient (Wildman–Crippen LogP) is 3.32. The number of nitrogens with zero attached hydrogens (tertiary/aromatic N) is 2. The van der Waals surface area contributed by atoms with Crippen molar-refractivity contribution in [1.82, 2.24) is 9.88 Å². The van der Waals surface area contributed by atoms with Crippen LogP contribution in [-0.4, -0.2) is 41.3 Å². The molecule has 154 valence electrons. The number of piperidine rings is 1. The van der Waals surface area contributed by atoms with E-state index in [1.807, 2.05) is 17.9 Å². The van der Waals surface area contributed by atoms with Crippen LogP contribution < -0.4 is 11.1 Å². The van der Waals surface area contributed by atoms with Gasteiger partial charge >= 0.3 is 0 Å². The lowest BCUT2D eigenvalue weighted by Gasteiger charge is -2.32. The zero-order valence-electron chi connectivity index (χ0n) is 16.0. The van der Waals surface area contributed by atoms with E-state index >= 15 is 0 Å². The highest BCUT2D eigenvalue weighted by Crippen LogP contribution is 2.19. The Hall–Kier alpha value is -1.37. The summed E-state index contributed by atoms with van der Waals surface area (Å²) in [5.41, 5.74) is 6.53. The Morgan fingerprint density at radius 1 is 1.22 bits per heavy atom. The number of anilines is 1. The molecule has 0 aromatic carbocycles. The Balaban J connectivity index is 0.00000338. The molecule has 3 N–H and O–H groups in total. The van der Waals surface area contributed by atoms with Crippen molar-refractivity contribution in [3.63, 3.8) is 0 Å². The number of carbonyl (C=O) groups is 2. The molecule has 0 bridgehead atoms. The third-order valence-corrected chi connectivity index (χ3v) is 4.65. The number of halogens is 2. The summed E-state index contributed by atoms with van der Waals surface area (Å²) in [5.74, 6) is 0.535. The Morgan fingerprint density at radius 3 is 2.63 bits per heavy atom. The van der Waals surface area contributed by atoms with Crippen LogP contribution in [0.3, 0.4) is 0 Å². The lowest BCUT2D eigenvalue weighted by atomic mass is 9.96. The first kappa shape index (κ1) is 25.6. The average Bonchev–Trinajstić information content (AvgIpc) is 2.63. The maximum absolute atomic E-state index is 12.5. The second-order valence-electron chi connectivity index (χ2n) is 6.84. The first-order valence-electron chi connectivity index (χ1n) is 9.31. The highest BCUT2D eigenvalue weighted by Gasteiger charge is 2.28. The van der Waals surface area contributed by atoms with E-state index in [0.717, 1.165) is 50.6 Å². The smallest absolute Gasteiger partial charge is 0.230 e. The minimum Gasteiger partial charge on any atom is -0.342 e. The Kier molecular flexibility index (Phi) is 13.0. The number of aryl methyl sites for hydroxylation is 1. The molecule has 1 fully saturated rings. The lowest BCUT2D eigenvalue weighted by molar-refractivity contribution is -0.134. The largest absolute Gasteiger partial charge is 0.342 e. The molecule has 1 saturated heterocycles. The van der Waals surface area contributed by atoms with Crippen molar-refractivity contribution in [2.24, 2.45) is 11.7 Å². The van der Waals surface area contributed by atoms with E-state index in [0.29, 0.717) is 25.3 Å². The van der Waals surface area contributed by atoms with Gasteiger partial charge in [-0.05, 0) is 50.8 Å². The summed E-state index contributed by atoms with van der Waals surface area (Å²) in [6.07, 6.45) is 8.04. The summed E-state index contributed by atoms with van der Waals surface area (Å²) in [6, 6.07) is 3.73. The molecule has 0 spiro atoms. The molecule has 0 saturated carbocycles. The van der Waals surface area contributed by atoms with Crippen LogP contribution >= 0.6 is 24.8 Å². The molecule has 0 radical (unpaired) electrons. The maximum atomic E-state index is 12.5. The molecular weight excluding hydrogens is 387 g/mol. The molecule has 2 heterocycles. The van der Waals surface area contributed by atoms with Crippen molar-refractivity contribution < 1.29 is 9.59 Å². The molecule has 0 aliphatic carbocycles. The van der Waals surface area contributed by atoms with Crippen molar-refractivity contribution >= 4 is 42.4 Å². The van der Waals surface area contributed by atoms with E-state index in [2.05, 4.69) is 10.3 Å². The number of amides is 2. The van der Waals surface area contributed by atoms with Crippen molar-refractivity contribution in [3.05, 3.63) is 23.9 Å². The summed E-state index contributed by atoms with van der Waals surface area (Å²) in [4.78, 5) is 30.9. The van der Waals surface area contributed by atoms with Gasteiger partial charge in [0.2, 0.25) is 11.8 Å². The topological polar surface area (TPSA) is 88.3 Å². The summed E-state index contributed by atoms with van der Waals surface area (Å²) < 4.78 is 0. The van der Waals surface area contributed by atoms with Gasteiger partial charge in [0, 0.05) is 25.7 Å². The van der Waals surface area contributed by atoms with Gasteiger partial charge in [0.1, 0.15) is 5.82 Å². The fourth-order valence-electron chi connectivity index (χ4n) is 3.12. The zero-order valence-corrected chi connectivity index (χ0v) is 17.6. The fraction of sp³-hybridized carbons (Fsp3) is 0.632. The van der Waals surface area contributed by atoms with Crippen LogP contribution in [-0.2, 0) is 9.59 Å². The molecule has 1 aromatic heterocycles. The van der Waals surface area contributed by atoms with Crippen molar-refractivity contribution in [2.45, 2.75) is 51.9 Å². The van der Waals surface area contributed by atoms with E-state index in [9.17, 15) is 9.59 Å². The monoisotopic (exact) mass is 418 g/mol. The third-order valence-electron chi connectivity index (χ3n) is 4.65. The maximum Gasteiger partial charge on any atom is 0.230 e. The van der Waals surface area contributed by atoms with E-state index < -0.39 is 0 Å². The first-order chi connectivity index (χ1) is 12.1. The number of likely N-dealkylation sites (tertiary alicyclic amines) is 1. The normalized spacial score (nSPS) is 16.1. The van der Waals surface area contributed by atoms with Crippen LogP contribution in [0.25, 0.3) is 0 Å². The Bertz CT molecular complexity index is 569. The fourth-order valence-corrected chi connectivity index (χ4v) is 3.12. The van der Waals surface area contributed by atoms with E-state index in [1.165, 1.54) is 0 Å². The number of hydrogen-bond donors (Lipinski definition) is 2. The van der Waals surface area contributed by atoms with E-state index in [1.54, 1.807) is 12.3 Å². The molecule has 1 unspecified atom stereocenters. The van der Waals surface area contributed by atoms with Gasteiger partial charge in [-0.25, -0.2) is 4.98 Å². The minimum atomic E-state index is -0.155. The Morgan fingerprint density at radius 2 is 1.96 bits per heavy atom. The number of rotatable bonds is 8. The number of carbonyl (C=O) groups excluding carboxylic acids is 2. The molecule has 1 aromatic rings. The van der Waals surface area contributed by atoms with Gasteiger partial charge in [-0.1, -0.05) is 18.9 Å². The van der Waals surface area contributed by atoms with Crippen molar-refractivity contribution in [1.29, 1.82) is 0 Å². The molecule has 6 nitrogen and oxygen atoms in total. The molecule has 8 heteroatoms. The van der Waals surface area contributed by atoms with Gasteiger partial charge in [-0.3, -0.25) is 9.59 Å². The van der Waals surface area contributed by atoms with Gasteiger partial charge in [-0.15, -0.1) is 24.8 Å². The number of pyridine rings is 1. The van der Waals surface area contributed by atoms with Crippen molar-refractivity contribution in [2.75, 3.05) is 25.0 Å². The molecule has 27 heavy (non-hydrogen) atoms. The summed E-state index contributed by atoms with van der Waals surface area (Å²) >= 11 is 0. The van der Waals surface area contributed by atoms with E-state index in [4.69, 9.17) is 5.73 Å². The summed E-state index contributed by atoms with van der Waals surface area (Å²) in [6.45, 7) is 3.94. The zero-order chi connectivity index (χ0) is 18.1.